The monoisotopic (exact) mass is 295 g/mol. The van der Waals surface area contributed by atoms with Gasteiger partial charge in [-0.2, -0.15) is 0 Å². The highest BCUT2D eigenvalue weighted by atomic mass is 16.5. The van der Waals surface area contributed by atoms with Gasteiger partial charge in [0.1, 0.15) is 11.5 Å². The summed E-state index contributed by atoms with van der Waals surface area (Å²) in [6.45, 7) is -0.155. The third-order valence-electron chi connectivity index (χ3n) is 3.67. The van der Waals surface area contributed by atoms with E-state index in [1.54, 1.807) is 31.4 Å². The standard InChI is InChI=1S/C15H21NO5/c1-20-12-3-2-4-13(7-12)21-9-15(19)16-11-5-10(8-17)14(18)6-11/h2-4,7,10-11,14,17-18H,5-6,8-9H2,1H3,(H,16,19)/t10-,11-,14+/m0/s1. The molecule has 1 aliphatic rings. The number of methoxy groups -OCH3 is 1. The fourth-order valence-electron chi connectivity index (χ4n) is 2.53. The number of ether oxygens (including phenoxy) is 2. The van der Waals surface area contributed by atoms with Gasteiger partial charge in [0.15, 0.2) is 6.61 Å². The maximum absolute atomic E-state index is 11.8. The maximum Gasteiger partial charge on any atom is 0.258 e. The van der Waals surface area contributed by atoms with E-state index >= 15 is 0 Å². The largest absolute Gasteiger partial charge is 0.497 e. The predicted octanol–water partition coefficient (Wildman–Crippen LogP) is 0.322. The molecule has 0 aliphatic heterocycles. The van der Waals surface area contributed by atoms with Gasteiger partial charge in [-0.1, -0.05) is 6.07 Å². The van der Waals surface area contributed by atoms with Crippen LogP contribution in [0.1, 0.15) is 12.8 Å². The molecule has 2 rings (SSSR count). The zero-order valence-electron chi connectivity index (χ0n) is 12.0. The van der Waals surface area contributed by atoms with Crippen LogP contribution in [-0.4, -0.2) is 48.6 Å². The van der Waals surface area contributed by atoms with Crippen molar-refractivity contribution in [2.45, 2.75) is 25.0 Å². The van der Waals surface area contributed by atoms with E-state index in [2.05, 4.69) is 5.32 Å². The van der Waals surface area contributed by atoms with E-state index in [1.165, 1.54) is 0 Å². The number of hydrogen-bond donors (Lipinski definition) is 3. The van der Waals surface area contributed by atoms with E-state index in [0.29, 0.717) is 24.3 Å². The molecule has 0 aromatic heterocycles. The smallest absolute Gasteiger partial charge is 0.258 e. The van der Waals surface area contributed by atoms with Crippen LogP contribution in [0.15, 0.2) is 24.3 Å². The van der Waals surface area contributed by atoms with E-state index in [1.807, 2.05) is 0 Å². The topological polar surface area (TPSA) is 88.0 Å². The number of amides is 1. The Hall–Kier alpha value is -1.79. The zero-order valence-corrected chi connectivity index (χ0v) is 12.0. The molecule has 0 saturated heterocycles. The Kier molecular flexibility index (Phi) is 5.41. The quantitative estimate of drug-likeness (QED) is 0.703. The minimum Gasteiger partial charge on any atom is -0.497 e. The predicted molar refractivity (Wildman–Crippen MR) is 76.2 cm³/mol. The highest BCUT2D eigenvalue weighted by Crippen LogP contribution is 2.25. The van der Waals surface area contributed by atoms with Gasteiger partial charge >= 0.3 is 0 Å². The molecule has 3 atom stereocenters. The van der Waals surface area contributed by atoms with Crippen LogP contribution in [0.5, 0.6) is 11.5 Å². The summed E-state index contributed by atoms with van der Waals surface area (Å²) in [7, 11) is 1.56. The van der Waals surface area contributed by atoms with Gasteiger partial charge in [0.2, 0.25) is 0 Å². The summed E-state index contributed by atoms with van der Waals surface area (Å²) in [6.07, 6.45) is 0.498. The Bertz CT molecular complexity index is 479. The van der Waals surface area contributed by atoms with Crippen LogP contribution in [0.25, 0.3) is 0 Å². The molecule has 3 N–H and O–H groups in total. The Morgan fingerprint density at radius 1 is 1.38 bits per heavy atom. The minimum atomic E-state index is -0.556. The fourth-order valence-corrected chi connectivity index (χ4v) is 2.53. The minimum absolute atomic E-state index is 0.0617. The Balaban J connectivity index is 1.77. The molecule has 1 fully saturated rings. The van der Waals surface area contributed by atoms with Crippen molar-refractivity contribution in [1.82, 2.24) is 5.32 Å². The summed E-state index contributed by atoms with van der Waals surface area (Å²) < 4.78 is 10.5. The number of hydrogen-bond acceptors (Lipinski definition) is 5. The van der Waals surface area contributed by atoms with Gasteiger partial charge in [-0.05, 0) is 25.0 Å². The van der Waals surface area contributed by atoms with Crippen molar-refractivity contribution in [3.63, 3.8) is 0 Å². The summed E-state index contributed by atoms with van der Waals surface area (Å²) >= 11 is 0. The molecule has 0 spiro atoms. The molecule has 0 bridgehead atoms. The summed E-state index contributed by atoms with van der Waals surface area (Å²) in [5.74, 6) is 0.824. The van der Waals surface area contributed by atoms with Gasteiger partial charge in [-0.15, -0.1) is 0 Å². The normalized spacial score (nSPS) is 24.6. The Labute approximate surface area is 123 Å². The van der Waals surface area contributed by atoms with Crippen LogP contribution < -0.4 is 14.8 Å². The van der Waals surface area contributed by atoms with Crippen LogP contribution in [0.4, 0.5) is 0 Å². The van der Waals surface area contributed by atoms with Gasteiger partial charge < -0.3 is 25.0 Å². The second-order valence-corrected chi connectivity index (χ2v) is 5.21. The number of benzene rings is 1. The average Bonchev–Trinajstić information content (AvgIpc) is 2.85. The number of aliphatic hydroxyl groups is 2. The highest BCUT2D eigenvalue weighted by molar-refractivity contribution is 5.77. The molecule has 6 nitrogen and oxygen atoms in total. The van der Waals surface area contributed by atoms with Crippen LogP contribution >= 0.6 is 0 Å². The second kappa shape index (κ2) is 7.28. The van der Waals surface area contributed by atoms with Gasteiger partial charge in [-0.3, -0.25) is 4.79 Å². The molecular weight excluding hydrogens is 274 g/mol. The number of aliphatic hydroxyl groups excluding tert-OH is 2. The van der Waals surface area contributed by atoms with Gasteiger partial charge in [0.25, 0.3) is 5.91 Å². The van der Waals surface area contributed by atoms with Crippen LogP contribution in [-0.2, 0) is 4.79 Å². The van der Waals surface area contributed by atoms with Crippen molar-refractivity contribution in [2.75, 3.05) is 20.3 Å². The van der Waals surface area contributed by atoms with Crippen LogP contribution in [0, 0.1) is 5.92 Å². The van der Waals surface area contributed by atoms with E-state index in [9.17, 15) is 9.90 Å². The number of carbonyl (C=O) groups excluding carboxylic acids is 1. The molecule has 1 saturated carbocycles. The van der Waals surface area contributed by atoms with Crippen molar-refractivity contribution >= 4 is 5.91 Å². The molecule has 1 aromatic carbocycles. The van der Waals surface area contributed by atoms with Crippen molar-refractivity contribution in [1.29, 1.82) is 0 Å². The maximum atomic E-state index is 11.8. The van der Waals surface area contributed by atoms with Crippen molar-refractivity contribution in [2.24, 2.45) is 5.92 Å². The van der Waals surface area contributed by atoms with Crippen LogP contribution in [0.2, 0.25) is 0 Å². The van der Waals surface area contributed by atoms with Crippen LogP contribution in [0.3, 0.4) is 0 Å². The molecule has 1 aromatic rings. The molecule has 0 heterocycles. The van der Waals surface area contributed by atoms with E-state index in [0.717, 1.165) is 0 Å². The molecular formula is C15H21NO5. The van der Waals surface area contributed by atoms with Gasteiger partial charge in [-0.25, -0.2) is 0 Å². The Morgan fingerprint density at radius 3 is 2.81 bits per heavy atom. The molecule has 0 unspecified atom stereocenters. The third kappa shape index (κ3) is 4.34. The second-order valence-electron chi connectivity index (χ2n) is 5.21. The molecule has 116 valence electrons. The van der Waals surface area contributed by atoms with Gasteiger partial charge in [0, 0.05) is 24.6 Å². The first-order valence-electron chi connectivity index (χ1n) is 6.97. The SMILES string of the molecule is COc1cccc(OCC(=O)N[C@H]2C[C@@H](CO)[C@H](O)C2)c1. The lowest BCUT2D eigenvalue weighted by Crippen LogP contribution is -2.36. The van der Waals surface area contributed by atoms with Crippen molar-refractivity contribution in [3.05, 3.63) is 24.3 Å². The third-order valence-corrected chi connectivity index (χ3v) is 3.67. The molecule has 1 amide bonds. The molecule has 1 aliphatic carbocycles. The Morgan fingerprint density at radius 2 is 2.14 bits per heavy atom. The molecule has 0 radical (unpaired) electrons. The van der Waals surface area contributed by atoms with Gasteiger partial charge in [0.05, 0.1) is 13.2 Å². The summed E-state index contributed by atoms with van der Waals surface area (Å²) in [6, 6.07) is 6.91. The van der Waals surface area contributed by atoms with E-state index < -0.39 is 6.10 Å². The zero-order chi connectivity index (χ0) is 15.2. The first-order valence-corrected chi connectivity index (χ1v) is 6.97. The van der Waals surface area contributed by atoms with Crippen molar-refractivity contribution in [3.8, 4) is 11.5 Å². The summed E-state index contributed by atoms with van der Waals surface area (Å²) in [4.78, 5) is 11.8. The molecule has 21 heavy (non-hydrogen) atoms. The van der Waals surface area contributed by atoms with E-state index in [-0.39, 0.29) is 31.1 Å². The van der Waals surface area contributed by atoms with E-state index in [4.69, 9.17) is 14.6 Å². The summed E-state index contributed by atoms with van der Waals surface area (Å²) in [5, 5.41) is 21.6. The lowest BCUT2D eigenvalue weighted by molar-refractivity contribution is -0.123. The first-order chi connectivity index (χ1) is 10.1. The number of carbonyl (C=O) groups is 1. The number of rotatable bonds is 6. The fraction of sp³-hybridized carbons (Fsp3) is 0.533. The summed E-state index contributed by atoms with van der Waals surface area (Å²) in [5.41, 5.74) is 0. The lowest BCUT2D eigenvalue weighted by atomic mass is 10.1. The number of nitrogens with one attached hydrogen (secondary N) is 1. The average molecular weight is 295 g/mol. The first kappa shape index (κ1) is 15.6. The van der Waals surface area contributed by atoms with Crippen molar-refractivity contribution < 1.29 is 24.5 Å². The highest BCUT2D eigenvalue weighted by Gasteiger charge is 2.33. The molecule has 6 heteroatoms. The lowest BCUT2D eigenvalue weighted by Gasteiger charge is -2.13.